The number of aliphatic hydroxyl groups is 2. The summed E-state index contributed by atoms with van der Waals surface area (Å²) in [6.45, 7) is 2.99. The van der Waals surface area contributed by atoms with Gasteiger partial charge < -0.3 is 24.2 Å². The van der Waals surface area contributed by atoms with E-state index in [9.17, 15) is 42.3 Å². The zero-order chi connectivity index (χ0) is 29.1. The number of carbonyl (C=O) groups is 3. The Morgan fingerprint density at radius 1 is 1.23 bits per heavy atom. The number of nitrogens with zero attached hydrogens (tertiary/aromatic N) is 1. The van der Waals surface area contributed by atoms with Gasteiger partial charge in [-0.2, -0.15) is 5.09 Å². The van der Waals surface area contributed by atoms with E-state index in [2.05, 4.69) is 5.09 Å². The number of rotatable bonds is 11. The molecule has 0 spiro atoms. The van der Waals surface area contributed by atoms with Crippen LogP contribution in [0.5, 0.6) is 5.75 Å². The van der Waals surface area contributed by atoms with Crippen molar-refractivity contribution in [2.75, 3.05) is 6.61 Å². The molecule has 0 bridgehead atoms. The molecule has 0 aliphatic carbocycles. The number of esters is 1. The highest BCUT2D eigenvalue weighted by Gasteiger charge is 2.63. The molecular weight excluding hydrogens is 552 g/mol. The molecule has 0 radical (unpaired) electrons. The predicted molar refractivity (Wildman–Crippen MR) is 126 cm³/mol. The second-order valence-corrected chi connectivity index (χ2v) is 10.8. The van der Waals surface area contributed by atoms with E-state index >= 15 is 0 Å². The molecule has 6 atom stereocenters. The molecule has 39 heavy (non-hydrogen) atoms. The fourth-order valence-electron chi connectivity index (χ4n) is 3.71. The molecular formula is C23H28F3N2O10P. The molecule has 2 aliphatic rings. The van der Waals surface area contributed by atoms with Crippen LogP contribution in [0.25, 0.3) is 0 Å². The van der Waals surface area contributed by atoms with Gasteiger partial charge in [-0.25, -0.2) is 17.7 Å². The first-order chi connectivity index (χ1) is 18.2. The van der Waals surface area contributed by atoms with Gasteiger partial charge in [-0.15, -0.1) is 0 Å². The summed E-state index contributed by atoms with van der Waals surface area (Å²) in [7, 11) is -4.71. The fraction of sp³-hybridized carbons (Fsp3) is 0.522. The zero-order valence-electron chi connectivity index (χ0n) is 21.0. The number of ether oxygens (including phenoxy) is 2. The molecule has 1 aromatic carbocycles. The molecule has 0 saturated carbocycles. The van der Waals surface area contributed by atoms with Crippen LogP contribution in [0.1, 0.15) is 27.2 Å². The Morgan fingerprint density at radius 3 is 2.46 bits per heavy atom. The van der Waals surface area contributed by atoms with Crippen molar-refractivity contribution in [2.24, 2.45) is 0 Å². The number of Topliss-reactive ketones (excluding diaryl/α,β-unsaturated/α-hetero) is 1. The van der Waals surface area contributed by atoms with Crippen LogP contribution in [0.15, 0.2) is 42.4 Å². The number of para-hydroxylation sites is 1. The van der Waals surface area contributed by atoms with Gasteiger partial charge in [-0.3, -0.25) is 23.8 Å². The Labute approximate surface area is 221 Å². The minimum absolute atomic E-state index is 0.0427. The Bertz CT molecular complexity index is 1150. The number of halogens is 3. The third-order valence-corrected chi connectivity index (χ3v) is 7.33. The summed E-state index contributed by atoms with van der Waals surface area (Å²) in [5.74, 6) is -4.55. The maximum Gasteiger partial charge on any atom is 0.459 e. The van der Waals surface area contributed by atoms with E-state index in [-0.39, 0.29) is 5.75 Å². The van der Waals surface area contributed by atoms with Crippen molar-refractivity contribution in [2.45, 2.75) is 69.8 Å². The van der Waals surface area contributed by atoms with Gasteiger partial charge in [-0.1, -0.05) is 18.2 Å². The third kappa shape index (κ3) is 6.86. The minimum Gasteiger partial charge on any atom is -0.462 e. The Morgan fingerprint density at radius 2 is 1.87 bits per heavy atom. The molecule has 12 nitrogen and oxygen atoms in total. The number of alkyl halides is 2. The standard InChI is InChI=1S/C23H28F3N2O10P/c1-12(2)36-21(33)13(3)27-39(34,38-14-7-5-4-6-8-14)35-11-23(22(25)26)19(32)18(31)20(37-23)28-10-15(24)16(29)9-17(28)30/h4-8,10,12-13,18-20,22,31-32H,9,11H2,1-3H3,(H,27,34)/t13-,18+,19+,20+,23+,39?/m0/s1. The van der Waals surface area contributed by atoms with Crippen molar-refractivity contribution in [1.29, 1.82) is 0 Å². The largest absolute Gasteiger partial charge is 0.462 e. The van der Waals surface area contributed by atoms with E-state index in [0.717, 1.165) is 0 Å². The highest BCUT2D eigenvalue weighted by molar-refractivity contribution is 7.52. The molecule has 16 heteroatoms. The molecule has 3 N–H and O–H groups in total. The maximum absolute atomic E-state index is 14.4. The van der Waals surface area contributed by atoms with E-state index < -0.39 is 86.9 Å². The van der Waals surface area contributed by atoms with Gasteiger partial charge >= 0.3 is 13.7 Å². The first kappa shape index (κ1) is 30.7. The molecule has 1 unspecified atom stereocenters. The van der Waals surface area contributed by atoms with Gasteiger partial charge in [-0.05, 0) is 32.9 Å². The summed E-state index contributed by atoms with van der Waals surface area (Å²) in [6, 6.07) is 6.03. The van der Waals surface area contributed by atoms with E-state index in [1.807, 2.05) is 0 Å². The van der Waals surface area contributed by atoms with Gasteiger partial charge in [0.25, 0.3) is 6.43 Å². The highest BCUT2D eigenvalue weighted by atomic mass is 31.2. The van der Waals surface area contributed by atoms with Gasteiger partial charge in [0, 0.05) is 6.20 Å². The van der Waals surface area contributed by atoms with Crippen molar-refractivity contribution in [3.05, 3.63) is 42.4 Å². The fourth-order valence-corrected chi connectivity index (χ4v) is 5.24. The summed E-state index contributed by atoms with van der Waals surface area (Å²) in [6.07, 6.45) is -11.5. The summed E-state index contributed by atoms with van der Waals surface area (Å²) in [5, 5.41) is 23.3. The zero-order valence-corrected chi connectivity index (χ0v) is 21.9. The number of carbonyl (C=O) groups excluding carboxylic acids is 3. The van der Waals surface area contributed by atoms with Crippen LogP contribution in [-0.4, -0.2) is 82.0 Å². The van der Waals surface area contributed by atoms with Crippen LogP contribution in [0.2, 0.25) is 0 Å². The van der Waals surface area contributed by atoms with Gasteiger partial charge in [0.1, 0.15) is 24.0 Å². The van der Waals surface area contributed by atoms with Crippen LogP contribution >= 0.6 is 7.75 Å². The van der Waals surface area contributed by atoms with E-state index in [0.29, 0.717) is 11.1 Å². The molecule has 1 amide bonds. The average Bonchev–Trinajstić information content (AvgIpc) is 3.11. The van der Waals surface area contributed by atoms with Crippen LogP contribution in [0.4, 0.5) is 13.2 Å². The summed E-state index contributed by atoms with van der Waals surface area (Å²) in [5.41, 5.74) is -3.10. The SMILES string of the molecule is CC(C)OC(=O)[C@H](C)NP(=O)(OC[C@@]1(C(F)F)O[C@@H](N2C=C(F)C(=O)CC2=O)[C@H](O)[C@H]1O)Oc1ccccc1. The van der Waals surface area contributed by atoms with Crippen LogP contribution < -0.4 is 9.61 Å². The minimum atomic E-state index is -4.71. The number of amides is 1. The van der Waals surface area contributed by atoms with E-state index in [4.69, 9.17) is 18.5 Å². The van der Waals surface area contributed by atoms with Crippen LogP contribution in [0.3, 0.4) is 0 Å². The van der Waals surface area contributed by atoms with Crippen molar-refractivity contribution >= 4 is 25.4 Å². The van der Waals surface area contributed by atoms with Crippen molar-refractivity contribution in [3.63, 3.8) is 0 Å². The second-order valence-electron chi connectivity index (χ2n) is 9.09. The molecule has 2 heterocycles. The van der Waals surface area contributed by atoms with Gasteiger partial charge in [0.15, 0.2) is 17.7 Å². The average molecular weight is 580 g/mol. The monoisotopic (exact) mass is 580 g/mol. The van der Waals surface area contributed by atoms with Crippen molar-refractivity contribution < 1.29 is 60.9 Å². The smallest absolute Gasteiger partial charge is 0.459 e. The molecule has 1 aromatic rings. The number of hydrogen-bond acceptors (Lipinski definition) is 10. The van der Waals surface area contributed by atoms with Crippen LogP contribution in [0, 0.1) is 0 Å². The number of aliphatic hydroxyl groups excluding tert-OH is 2. The summed E-state index contributed by atoms with van der Waals surface area (Å²) in [4.78, 5) is 36.3. The lowest BCUT2D eigenvalue weighted by Gasteiger charge is -2.33. The summed E-state index contributed by atoms with van der Waals surface area (Å²) >= 11 is 0. The van der Waals surface area contributed by atoms with Crippen molar-refractivity contribution in [3.8, 4) is 5.75 Å². The lowest BCUT2D eigenvalue weighted by atomic mass is 9.96. The normalized spacial score (nSPS) is 27.9. The molecule has 0 aromatic heterocycles. The lowest BCUT2D eigenvalue weighted by Crippen LogP contribution is -2.53. The number of ketones is 1. The second kappa shape index (κ2) is 12.1. The quantitative estimate of drug-likeness (QED) is 0.199. The third-order valence-electron chi connectivity index (χ3n) is 5.70. The van der Waals surface area contributed by atoms with E-state index in [1.165, 1.54) is 31.2 Å². The number of nitrogens with one attached hydrogen (secondary N) is 1. The molecule has 2 aliphatic heterocycles. The summed E-state index contributed by atoms with van der Waals surface area (Å²) < 4.78 is 77.1. The highest BCUT2D eigenvalue weighted by Crippen LogP contribution is 2.48. The predicted octanol–water partition coefficient (Wildman–Crippen LogP) is 1.81. The lowest BCUT2D eigenvalue weighted by molar-refractivity contribution is -0.200. The first-order valence-electron chi connectivity index (χ1n) is 11.7. The molecule has 3 rings (SSSR count). The topological polar surface area (TPSA) is 161 Å². The number of hydrogen-bond donors (Lipinski definition) is 3. The van der Waals surface area contributed by atoms with Gasteiger partial charge in [0.2, 0.25) is 11.7 Å². The van der Waals surface area contributed by atoms with E-state index in [1.54, 1.807) is 19.9 Å². The molecule has 1 saturated heterocycles. The number of allylic oxidation sites excluding steroid dienone is 1. The number of benzene rings is 1. The maximum atomic E-state index is 14.4. The Balaban J connectivity index is 1.88. The van der Waals surface area contributed by atoms with Crippen LogP contribution in [-0.2, 0) is 32.9 Å². The Kier molecular flexibility index (Phi) is 9.57. The van der Waals surface area contributed by atoms with Crippen molar-refractivity contribution in [1.82, 2.24) is 9.99 Å². The molecule has 1 fully saturated rings. The first-order valence-corrected chi connectivity index (χ1v) is 13.2. The van der Waals surface area contributed by atoms with Gasteiger partial charge in [0.05, 0.1) is 19.1 Å². The molecule has 216 valence electrons. The Hall–Kier alpha value is -2.81.